The molecule has 0 amide bonds. The van der Waals surface area contributed by atoms with Crippen LogP contribution in [0.4, 0.5) is 0 Å². The van der Waals surface area contributed by atoms with Crippen LogP contribution in [0.15, 0.2) is 50.7 Å². The molecule has 3 rings (SSSR count). The van der Waals surface area contributed by atoms with Crippen LogP contribution in [0.1, 0.15) is 22.8 Å². The van der Waals surface area contributed by atoms with Crippen molar-refractivity contribution in [1.82, 2.24) is 9.55 Å². The van der Waals surface area contributed by atoms with Crippen LogP contribution in [-0.2, 0) is 13.0 Å². The van der Waals surface area contributed by atoms with E-state index < -0.39 is 17.0 Å². The lowest BCUT2D eigenvalue weighted by Gasteiger charge is -2.08. The summed E-state index contributed by atoms with van der Waals surface area (Å²) in [5.41, 5.74) is -0.447. The van der Waals surface area contributed by atoms with Gasteiger partial charge in [-0.3, -0.25) is 14.2 Å². The van der Waals surface area contributed by atoms with E-state index in [0.717, 1.165) is 10.9 Å². The molecule has 0 aliphatic heterocycles. The molecule has 0 fully saturated rings. The average Bonchev–Trinajstić information content (AvgIpc) is 2.56. The summed E-state index contributed by atoms with van der Waals surface area (Å²) < 4.78 is 6.08. The van der Waals surface area contributed by atoms with Crippen LogP contribution in [0.5, 0.6) is 5.75 Å². The van der Waals surface area contributed by atoms with Gasteiger partial charge >= 0.3 is 5.63 Å². The maximum atomic E-state index is 12.6. The normalized spacial score (nSPS) is 10.9. The highest BCUT2D eigenvalue weighted by Gasteiger charge is 2.16. The molecular formula is C17H14N2O5. The summed E-state index contributed by atoms with van der Waals surface area (Å²) in [5.74, 6) is -0.573. The second-order valence-electron chi connectivity index (χ2n) is 5.24. The smallest absolute Gasteiger partial charge is 0.337 e. The van der Waals surface area contributed by atoms with Crippen molar-refractivity contribution in [3.05, 3.63) is 68.6 Å². The van der Waals surface area contributed by atoms with Crippen molar-refractivity contribution in [2.75, 3.05) is 0 Å². The van der Waals surface area contributed by atoms with E-state index >= 15 is 0 Å². The maximum absolute atomic E-state index is 12.6. The third-order valence-corrected chi connectivity index (χ3v) is 3.71. The number of para-hydroxylation sites is 1. The predicted octanol–water partition coefficient (Wildman–Crippen LogP) is 1.50. The van der Waals surface area contributed by atoms with Gasteiger partial charge in [0.15, 0.2) is 5.78 Å². The predicted molar refractivity (Wildman–Crippen MR) is 86.4 cm³/mol. The van der Waals surface area contributed by atoms with Gasteiger partial charge in [-0.2, -0.15) is 0 Å². The fourth-order valence-corrected chi connectivity index (χ4v) is 2.51. The fourth-order valence-electron chi connectivity index (χ4n) is 2.51. The average molecular weight is 326 g/mol. The third-order valence-electron chi connectivity index (χ3n) is 3.71. The van der Waals surface area contributed by atoms with E-state index in [2.05, 4.69) is 4.98 Å². The Bertz CT molecular complexity index is 1050. The van der Waals surface area contributed by atoms with E-state index in [0.29, 0.717) is 12.0 Å². The number of carbonyl (C=O) groups is 1. The number of fused-ring (bicyclic) bond motifs is 1. The van der Waals surface area contributed by atoms with E-state index in [-0.39, 0.29) is 29.0 Å². The van der Waals surface area contributed by atoms with Crippen molar-refractivity contribution in [3.8, 4) is 5.75 Å². The number of aromatic nitrogens is 2. The van der Waals surface area contributed by atoms with Gasteiger partial charge in [-0.05, 0) is 24.1 Å². The van der Waals surface area contributed by atoms with E-state index in [1.165, 1.54) is 18.2 Å². The second-order valence-corrected chi connectivity index (χ2v) is 5.24. The van der Waals surface area contributed by atoms with Crippen LogP contribution >= 0.6 is 0 Å². The lowest BCUT2D eigenvalue weighted by molar-refractivity contribution is 0.0968. The van der Waals surface area contributed by atoms with E-state index in [4.69, 9.17) is 4.42 Å². The van der Waals surface area contributed by atoms with Gasteiger partial charge in [-0.25, -0.2) is 9.78 Å². The highest BCUT2D eigenvalue weighted by molar-refractivity contribution is 5.98. The SMILES string of the molecule is CCc1cc(=O)oc2ncn(CC(=O)c3ccccc3O)c(=O)c12. The highest BCUT2D eigenvalue weighted by atomic mass is 16.4. The molecule has 0 radical (unpaired) electrons. The maximum Gasteiger partial charge on any atom is 0.337 e. The number of carbonyl (C=O) groups excluding carboxylic acids is 1. The summed E-state index contributed by atoms with van der Waals surface area (Å²) in [4.78, 5) is 40.4. The van der Waals surface area contributed by atoms with Crippen molar-refractivity contribution < 1.29 is 14.3 Å². The molecule has 0 spiro atoms. The number of hydrogen-bond acceptors (Lipinski definition) is 6. The summed E-state index contributed by atoms with van der Waals surface area (Å²) in [6.07, 6.45) is 1.61. The molecule has 0 bridgehead atoms. The van der Waals surface area contributed by atoms with Crippen molar-refractivity contribution in [2.45, 2.75) is 19.9 Å². The Morgan fingerprint density at radius 2 is 2.04 bits per heavy atom. The summed E-state index contributed by atoms with van der Waals surface area (Å²) in [6.45, 7) is 1.53. The Labute approximate surface area is 135 Å². The minimum Gasteiger partial charge on any atom is -0.507 e. The van der Waals surface area contributed by atoms with Gasteiger partial charge < -0.3 is 9.52 Å². The standard InChI is InChI=1S/C17H14N2O5/c1-2-10-7-14(22)24-16-15(10)17(23)19(9-18-16)8-13(21)11-5-3-4-6-12(11)20/h3-7,9,20H,2,8H2,1H3. The summed E-state index contributed by atoms with van der Waals surface area (Å²) in [7, 11) is 0. The van der Waals surface area contributed by atoms with Crippen LogP contribution in [-0.4, -0.2) is 20.4 Å². The first kappa shape index (κ1) is 15.7. The molecule has 0 aliphatic carbocycles. The first-order valence-corrected chi connectivity index (χ1v) is 7.34. The van der Waals surface area contributed by atoms with E-state index in [1.807, 2.05) is 0 Å². The quantitative estimate of drug-likeness (QED) is 0.729. The highest BCUT2D eigenvalue weighted by Crippen LogP contribution is 2.17. The van der Waals surface area contributed by atoms with Gasteiger partial charge in [0.1, 0.15) is 17.5 Å². The number of Topliss-reactive ketones (excluding diaryl/α,β-unsaturated/α-hetero) is 1. The summed E-state index contributed by atoms with van der Waals surface area (Å²) in [5, 5.41) is 9.92. The largest absolute Gasteiger partial charge is 0.507 e. The van der Waals surface area contributed by atoms with E-state index in [9.17, 15) is 19.5 Å². The number of benzene rings is 1. The zero-order valence-corrected chi connectivity index (χ0v) is 12.9. The molecule has 0 atom stereocenters. The lowest BCUT2D eigenvalue weighted by Crippen LogP contribution is -2.26. The Hall–Kier alpha value is -3.22. The van der Waals surface area contributed by atoms with Crippen molar-refractivity contribution in [1.29, 1.82) is 0 Å². The molecule has 7 heteroatoms. The molecule has 3 aromatic rings. The second kappa shape index (κ2) is 6.11. The van der Waals surface area contributed by atoms with Crippen LogP contribution in [0, 0.1) is 0 Å². The molecule has 0 unspecified atom stereocenters. The van der Waals surface area contributed by atoms with Gasteiger partial charge in [0.05, 0.1) is 12.1 Å². The van der Waals surface area contributed by atoms with E-state index in [1.54, 1.807) is 19.1 Å². The summed E-state index contributed by atoms with van der Waals surface area (Å²) in [6, 6.07) is 7.36. The molecule has 0 saturated heterocycles. The summed E-state index contributed by atoms with van der Waals surface area (Å²) >= 11 is 0. The Morgan fingerprint density at radius 1 is 1.29 bits per heavy atom. The van der Waals surface area contributed by atoms with Gasteiger partial charge in [-0.1, -0.05) is 19.1 Å². The van der Waals surface area contributed by atoms with Crippen molar-refractivity contribution >= 4 is 16.9 Å². The Morgan fingerprint density at radius 3 is 2.75 bits per heavy atom. The van der Waals surface area contributed by atoms with Crippen LogP contribution in [0.25, 0.3) is 11.1 Å². The fraction of sp³-hybridized carbons (Fsp3) is 0.176. The number of ketones is 1. The lowest BCUT2D eigenvalue weighted by atomic mass is 10.1. The van der Waals surface area contributed by atoms with Crippen molar-refractivity contribution in [2.24, 2.45) is 0 Å². The molecule has 122 valence electrons. The number of phenolic OH excluding ortho intramolecular Hbond substituents is 1. The minimum absolute atomic E-state index is 0.0457. The molecule has 7 nitrogen and oxygen atoms in total. The van der Waals surface area contributed by atoms with Gasteiger partial charge in [0.25, 0.3) is 5.56 Å². The topological polar surface area (TPSA) is 102 Å². The molecule has 1 N–H and O–H groups in total. The first-order chi connectivity index (χ1) is 11.5. The number of aromatic hydroxyl groups is 1. The number of rotatable bonds is 4. The Kier molecular flexibility index (Phi) is 3.99. The number of phenols is 1. The molecule has 1 aromatic carbocycles. The van der Waals surface area contributed by atoms with Crippen molar-refractivity contribution in [3.63, 3.8) is 0 Å². The van der Waals surface area contributed by atoms with Crippen LogP contribution in [0.3, 0.4) is 0 Å². The molecule has 2 heterocycles. The zero-order valence-electron chi connectivity index (χ0n) is 12.9. The number of nitrogens with zero attached hydrogens (tertiary/aromatic N) is 2. The molecule has 24 heavy (non-hydrogen) atoms. The third kappa shape index (κ3) is 2.71. The first-order valence-electron chi connectivity index (χ1n) is 7.34. The Balaban J connectivity index is 2.08. The molecule has 0 saturated carbocycles. The van der Waals surface area contributed by atoms with Crippen LogP contribution in [0.2, 0.25) is 0 Å². The molecule has 0 aliphatic rings. The molecular weight excluding hydrogens is 312 g/mol. The van der Waals surface area contributed by atoms with Gasteiger partial charge in [-0.15, -0.1) is 0 Å². The van der Waals surface area contributed by atoms with Crippen LogP contribution < -0.4 is 11.2 Å². The minimum atomic E-state index is -0.575. The zero-order chi connectivity index (χ0) is 17.3. The number of aryl methyl sites for hydroxylation is 1. The van der Waals surface area contributed by atoms with Gasteiger partial charge in [0.2, 0.25) is 5.71 Å². The molecule has 2 aromatic heterocycles. The number of hydrogen-bond donors (Lipinski definition) is 1. The monoisotopic (exact) mass is 326 g/mol. The van der Waals surface area contributed by atoms with Gasteiger partial charge in [0, 0.05) is 6.07 Å².